The molecule has 37 heavy (non-hydrogen) atoms. The molecule has 10 heteroatoms. The number of fused-ring (bicyclic) bond motifs is 1. The normalized spacial score (nSPS) is 11.0. The molecule has 1 N–H and O–H groups in total. The summed E-state index contributed by atoms with van der Waals surface area (Å²) in [5.41, 5.74) is 2.49. The van der Waals surface area contributed by atoms with Crippen molar-refractivity contribution in [1.29, 1.82) is 0 Å². The van der Waals surface area contributed by atoms with Crippen molar-refractivity contribution in [3.63, 3.8) is 0 Å². The lowest BCUT2D eigenvalue weighted by Gasteiger charge is -2.11. The monoisotopic (exact) mass is 501 g/mol. The fraction of sp³-hybridized carbons (Fsp3) is 0.185. The second kappa shape index (κ2) is 10.5. The van der Waals surface area contributed by atoms with E-state index in [9.17, 15) is 9.18 Å². The molecular weight excluding hydrogens is 477 g/mol. The predicted molar refractivity (Wildman–Crippen MR) is 134 cm³/mol. The Morgan fingerprint density at radius 2 is 1.84 bits per heavy atom. The first-order chi connectivity index (χ1) is 18.1. The number of hydrogen-bond donors (Lipinski definition) is 1. The number of Topliss-reactive ketones (excluding diaryl/α,β-unsaturated/α-hetero) is 1. The molecule has 0 atom stereocenters. The molecule has 0 aliphatic rings. The van der Waals surface area contributed by atoms with E-state index < -0.39 is 0 Å². The molecular formula is C27H24FN5O4. The smallest absolute Gasteiger partial charge is 0.226 e. The standard InChI is InChI=1S/C27H24FN5O4/c1-35-22-12-8-18(14-24(22)36-2)15-29-27-30-16-20(21(34)11-7-17-5-9-19(28)10-6-17)26-31-25(32-33(26)27)23-4-3-13-37-23/h3-6,8-10,12-14,16H,7,11,15H2,1-2H3,(H,29,30). The Hall–Kier alpha value is -4.73. The second-order valence-corrected chi connectivity index (χ2v) is 8.24. The number of aryl methyl sites for hydroxylation is 1. The van der Waals surface area contributed by atoms with Gasteiger partial charge in [0, 0.05) is 19.2 Å². The van der Waals surface area contributed by atoms with Crippen LogP contribution in [0.15, 0.2) is 71.5 Å². The first-order valence-electron chi connectivity index (χ1n) is 11.6. The van der Waals surface area contributed by atoms with Gasteiger partial charge in [0.15, 0.2) is 28.7 Å². The van der Waals surface area contributed by atoms with Crippen molar-refractivity contribution in [2.45, 2.75) is 19.4 Å². The largest absolute Gasteiger partial charge is 0.493 e. The fourth-order valence-electron chi connectivity index (χ4n) is 3.91. The van der Waals surface area contributed by atoms with Gasteiger partial charge in [0.05, 0.1) is 26.0 Å². The Balaban J connectivity index is 1.43. The Morgan fingerprint density at radius 3 is 2.57 bits per heavy atom. The van der Waals surface area contributed by atoms with Gasteiger partial charge in [0.1, 0.15) is 5.82 Å². The summed E-state index contributed by atoms with van der Waals surface area (Å²) in [6.07, 6.45) is 3.71. The summed E-state index contributed by atoms with van der Waals surface area (Å²) in [4.78, 5) is 22.2. The van der Waals surface area contributed by atoms with E-state index in [0.717, 1.165) is 11.1 Å². The van der Waals surface area contributed by atoms with E-state index in [2.05, 4.69) is 20.4 Å². The average Bonchev–Trinajstić information content (AvgIpc) is 3.61. The zero-order valence-corrected chi connectivity index (χ0v) is 20.3. The number of rotatable bonds is 10. The lowest BCUT2D eigenvalue weighted by molar-refractivity contribution is 0.0983. The number of furan rings is 1. The molecule has 0 radical (unpaired) electrons. The fourth-order valence-corrected chi connectivity index (χ4v) is 3.91. The minimum absolute atomic E-state index is 0.147. The highest BCUT2D eigenvalue weighted by atomic mass is 19.1. The van der Waals surface area contributed by atoms with Crippen LogP contribution in [0.2, 0.25) is 0 Å². The van der Waals surface area contributed by atoms with Gasteiger partial charge in [0.2, 0.25) is 11.8 Å². The third-order valence-corrected chi connectivity index (χ3v) is 5.86. The second-order valence-electron chi connectivity index (χ2n) is 8.24. The molecule has 5 aromatic rings. The minimum Gasteiger partial charge on any atom is -0.493 e. The van der Waals surface area contributed by atoms with Crippen molar-refractivity contribution in [3.8, 4) is 23.1 Å². The van der Waals surface area contributed by atoms with Crippen LogP contribution in [-0.2, 0) is 13.0 Å². The highest BCUT2D eigenvalue weighted by Gasteiger charge is 2.20. The summed E-state index contributed by atoms with van der Waals surface area (Å²) >= 11 is 0. The summed E-state index contributed by atoms with van der Waals surface area (Å²) < 4.78 is 30.9. The summed E-state index contributed by atoms with van der Waals surface area (Å²) in [7, 11) is 3.16. The van der Waals surface area contributed by atoms with E-state index in [1.54, 1.807) is 38.5 Å². The summed E-state index contributed by atoms with van der Waals surface area (Å²) in [6, 6.07) is 15.2. The summed E-state index contributed by atoms with van der Waals surface area (Å²) in [6.45, 7) is 0.413. The number of nitrogens with one attached hydrogen (secondary N) is 1. The number of anilines is 1. The maximum absolute atomic E-state index is 13.2. The topological polar surface area (TPSA) is 104 Å². The molecule has 3 heterocycles. The van der Waals surface area contributed by atoms with Gasteiger partial charge in [0.25, 0.3) is 0 Å². The first kappa shape index (κ1) is 24.0. The van der Waals surface area contributed by atoms with E-state index in [4.69, 9.17) is 13.9 Å². The third-order valence-electron chi connectivity index (χ3n) is 5.86. The van der Waals surface area contributed by atoms with Gasteiger partial charge < -0.3 is 19.2 Å². The van der Waals surface area contributed by atoms with Gasteiger partial charge in [-0.15, -0.1) is 5.10 Å². The molecule has 0 spiro atoms. The number of hydrogen-bond acceptors (Lipinski definition) is 8. The molecule has 0 unspecified atom stereocenters. The average molecular weight is 502 g/mol. The SMILES string of the molecule is COc1ccc(CNc2ncc(C(=O)CCc3ccc(F)cc3)c3nc(-c4ccco4)nn23)cc1OC. The van der Waals surface area contributed by atoms with Crippen molar-refractivity contribution >= 4 is 17.4 Å². The number of halogens is 1. The number of nitrogens with zero attached hydrogens (tertiary/aromatic N) is 4. The highest BCUT2D eigenvalue weighted by molar-refractivity contribution is 6.01. The van der Waals surface area contributed by atoms with E-state index in [0.29, 0.717) is 53.2 Å². The number of methoxy groups -OCH3 is 2. The van der Waals surface area contributed by atoms with Crippen LogP contribution >= 0.6 is 0 Å². The van der Waals surface area contributed by atoms with E-state index in [1.165, 1.54) is 29.1 Å². The van der Waals surface area contributed by atoms with Crippen LogP contribution in [-0.4, -0.2) is 39.6 Å². The third kappa shape index (κ3) is 5.13. The highest BCUT2D eigenvalue weighted by Crippen LogP contribution is 2.28. The molecule has 0 bridgehead atoms. The molecule has 188 valence electrons. The van der Waals surface area contributed by atoms with Crippen LogP contribution in [0, 0.1) is 5.82 Å². The zero-order valence-electron chi connectivity index (χ0n) is 20.3. The van der Waals surface area contributed by atoms with Crippen LogP contribution < -0.4 is 14.8 Å². The zero-order chi connectivity index (χ0) is 25.8. The van der Waals surface area contributed by atoms with Crippen LogP contribution in [0.1, 0.15) is 27.9 Å². The Morgan fingerprint density at radius 1 is 1.05 bits per heavy atom. The molecule has 5 rings (SSSR count). The number of benzene rings is 2. The van der Waals surface area contributed by atoms with Gasteiger partial charge in [-0.25, -0.2) is 14.4 Å². The van der Waals surface area contributed by atoms with Gasteiger partial charge in [-0.05, 0) is 53.9 Å². The number of aromatic nitrogens is 4. The van der Waals surface area contributed by atoms with Crippen LogP contribution in [0.25, 0.3) is 17.2 Å². The van der Waals surface area contributed by atoms with Crippen LogP contribution in [0.3, 0.4) is 0 Å². The maximum atomic E-state index is 13.2. The Kier molecular flexibility index (Phi) is 6.80. The molecule has 3 aromatic heterocycles. The van der Waals surface area contributed by atoms with E-state index in [-0.39, 0.29) is 18.0 Å². The molecule has 0 amide bonds. The lowest BCUT2D eigenvalue weighted by atomic mass is 10.0. The Bertz CT molecular complexity index is 1530. The van der Waals surface area contributed by atoms with Crippen molar-refractivity contribution in [2.75, 3.05) is 19.5 Å². The van der Waals surface area contributed by atoms with Gasteiger partial charge >= 0.3 is 0 Å². The van der Waals surface area contributed by atoms with Gasteiger partial charge in [-0.1, -0.05) is 18.2 Å². The summed E-state index contributed by atoms with van der Waals surface area (Å²) in [5, 5.41) is 7.80. The molecule has 9 nitrogen and oxygen atoms in total. The number of ether oxygens (including phenoxy) is 2. The molecule has 0 aliphatic carbocycles. The van der Waals surface area contributed by atoms with Gasteiger partial charge in [-0.3, -0.25) is 4.79 Å². The maximum Gasteiger partial charge on any atom is 0.226 e. The quantitative estimate of drug-likeness (QED) is 0.268. The van der Waals surface area contributed by atoms with Crippen molar-refractivity contribution in [3.05, 3.63) is 89.6 Å². The lowest BCUT2D eigenvalue weighted by Crippen LogP contribution is -2.11. The Labute approximate surface area is 211 Å². The van der Waals surface area contributed by atoms with E-state index in [1.807, 2.05) is 18.2 Å². The van der Waals surface area contributed by atoms with Crippen molar-refractivity contribution in [2.24, 2.45) is 0 Å². The molecule has 2 aromatic carbocycles. The first-order valence-corrected chi connectivity index (χ1v) is 11.6. The van der Waals surface area contributed by atoms with Gasteiger partial charge in [-0.2, -0.15) is 4.52 Å². The number of ketones is 1. The molecule has 0 saturated carbocycles. The minimum atomic E-state index is -0.314. The van der Waals surface area contributed by atoms with Crippen molar-refractivity contribution in [1.82, 2.24) is 19.6 Å². The molecule has 0 fully saturated rings. The molecule has 0 saturated heterocycles. The van der Waals surface area contributed by atoms with E-state index >= 15 is 0 Å². The predicted octanol–water partition coefficient (Wildman–Crippen LogP) is 4.97. The van der Waals surface area contributed by atoms with Crippen molar-refractivity contribution < 1.29 is 23.1 Å². The van der Waals surface area contributed by atoms with Crippen LogP contribution in [0.4, 0.5) is 10.3 Å². The number of carbonyl (C=O) groups is 1. The van der Waals surface area contributed by atoms with Crippen LogP contribution in [0.5, 0.6) is 11.5 Å². The molecule has 0 aliphatic heterocycles. The number of carbonyl (C=O) groups excluding carboxylic acids is 1. The summed E-state index contributed by atoms with van der Waals surface area (Å²) in [5.74, 6) is 2.00.